The Balaban J connectivity index is 2.64. The van der Waals surface area contributed by atoms with Crippen molar-refractivity contribution in [2.24, 2.45) is 0 Å². The molecule has 0 aromatic heterocycles. The van der Waals surface area contributed by atoms with Gasteiger partial charge in [0.05, 0.1) is 19.5 Å². The van der Waals surface area contributed by atoms with Gasteiger partial charge in [-0.2, -0.15) is 0 Å². The van der Waals surface area contributed by atoms with Crippen LogP contribution in [0.2, 0.25) is 0 Å². The van der Waals surface area contributed by atoms with E-state index in [0.717, 1.165) is 6.42 Å². The van der Waals surface area contributed by atoms with Gasteiger partial charge in [0, 0.05) is 17.5 Å². The molecule has 0 unspecified atom stereocenters. The molecule has 1 aromatic carbocycles. The fourth-order valence-electron chi connectivity index (χ4n) is 1.45. The van der Waals surface area contributed by atoms with Gasteiger partial charge in [-0.3, -0.25) is 10.1 Å². The van der Waals surface area contributed by atoms with Crippen LogP contribution < -0.4 is 10.6 Å². The quantitative estimate of drug-likeness (QED) is 0.624. The van der Waals surface area contributed by atoms with Gasteiger partial charge >= 0.3 is 6.09 Å². The Labute approximate surface area is 124 Å². The van der Waals surface area contributed by atoms with Gasteiger partial charge in [-0.15, -0.1) is 0 Å². The van der Waals surface area contributed by atoms with Crippen LogP contribution in [0.15, 0.2) is 36.1 Å². The normalized spacial score (nSPS) is 10.7. The molecule has 2 amide bonds. The Bertz CT molecular complexity index is 526. The van der Waals surface area contributed by atoms with E-state index in [9.17, 15) is 9.59 Å². The molecular formula is C15H20N2O4. The predicted molar refractivity (Wildman–Crippen MR) is 81.1 cm³/mol. The molecule has 114 valence electrons. The molecule has 0 fully saturated rings. The standard InChI is InChI=1S/C15H20N2O4/c1-4-8-21-15(19)17-13-7-5-6-12(10-13)16-14(18)9-11(2)20-3/h5-7,9-10H,4,8H2,1-3H3,(H,16,18)(H,17,19)/b11-9-. The largest absolute Gasteiger partial charge is 0.501 e. The van der Waals surface area contributed by atoms with E-state index >= 15 is 0 Å². The van der Waals surface area contributed by atoms with Crippen LogP contribution in [0.25, 0.3) is 0 Å². The van der Waals surface area contributed by atoms with Crippen molar-refractivity contribution in [3.63, 3.8) is 0 Å². The highest BCUT2D eigenvalue weighted by Gasteiger charge is 2.04. The first-order valence-electron chi connectivity index (χ1n) is 6.62. The molecule has 0 atom stereocenters. The molecule has 0 bridgehead atoms. The second-order valence-electron chi connectivity index (χ2n) is 4.29. The van der Waals surface area contributed by atoms with Gasteiger partial charge in [0.25, 0.3) is 5.91 Å². The first-order valence-corrected chi connectivity index (χ1v) is 6.62. The summed E-state index contributed by atoms with van der Waals surface area (Å²) in [5, 5.41) is 5.27. The summed E-state index contributed by atoms with van der Waals surface area (Å²) in [6.45, 7) is 3.96. The number of rotatable bonds is 6. The van der Waals surface area contributed by atoms with Crippen molar-refractivity contribution in [2.45, 2.75) is 20.3 Å². The number of carbonyl (C=O) groups excluding carboxylic acids is 2. The molecule has 0 spiro atoms. The zero-order chi connectivity index (χ0) is 15.7. The van der Waals surface area contributed by atoms with Crippen LogP contribution in [-0.2, 0) is 14.3 Å². The molecule has 0 aliphatic heterocycles. The number of allylic oxidation sites excluding steroid dienone is 1. The average molecular weight is 292 g/mol. The molecule has 6 heteroatoms. The molecule has 0 radical (unpaired) electrons. The highest BCUT2D eigenvalue weighted by Crippen LogP contribution is 2.15. The van der Waals surface area contributed by atoms with E-state index in [1.165, 1.54) is 13.2 Å². The maximum Gasteiger partial charge on any atom is 0.411 e. The lowest BCUT2D eigenvalue weighted by Crippen LogP contribution is -2.14. The number of anilines is 2. The van der Waals surface area contributed by atoms with Crippen LogP contribution in [0.3, 0.4) is 0 Å². The maximum absolute atomic E-state index is 11.7. The number of ether oxygens (including phenoxy) is 2. The van der Waals surface area contributed by atoms with Gasteiger partial charge in [0.1, 0.15) is 0 Å². The van der Waals surface area contributed by atoms with Crippen molar-refractivity contribution < 1.29 is 19.1 Å². The van der Waals surface area contributed by atoms with Gasteiger partial charge in [0.15, 0.2) is 0 Å². The lowest BCUT2D eigenvalue weighted by atomic mass is 10.2. The topological polar surface area (TPSA) is 76.7 Å². The summed E-state index contributed by atoms with van der Waals surface area (Å²) in [4.78, 5) is 23.1. The summed E-state index contributed by atoms with van der Waals surface area (Å²) >= 11 is 0. The van der Waals surface area contributed by atoms with Crippen molar-refractivity contribution in [3.8, 4) is 0 Å². The zero-order valence-electron chi connectivity index (χ0n) is 12.4. The number of benzene rings is 1. The number of hydrogen-bond acceptors (Lipinski definition) is 4. The SMILES string of the molecule is CCCOC(=O)Nc1cccc(NC(=O)/C=C(/C)OC)c1. The van der Waals surface area contributed by atoms with Gasteiger partial charge in [0.2, 0.25) is 0 Å². The monoisotopic (exact) mass is 292 g/mol. The fraction of sp³-hybridized carbons (Fsp3) is 0.333. The molecule has 2 N–H and O–H groups in total. The van der Waals surface area contributed by atoms with Gasteiger partial charge in [-0.05, 0) is 31.5 Å². The Kier molecular flexibility index (Phi) is 6.80. The average Bonchev–Trinajstić information content (AvgIpc) is 2.45. The highest BCUT2D eigenvalue weighted by atomic mass is 16.5. The number of carbonyl (C=O) groups is 2. The molecule has 1 rings (SSSR count). The number of nitrogens with one attached hydrogen (secondary N) is 2. The Morgan fingerprint density at radius 3 is 2.52 bits per heavy atom. The van der Waals surface area contributed by atoms with Crippen LogP contribution in [0.1, 0.15) is 20.3 Å². The van der Waals surface area contributed by atoms with Crippen molar-refractivity contribution in [2.75, 3.05) is 24.4 Å². The van der Waals surface area contributed by atoms with E-state index in [0.29, 0.717) is 23.7 Å². The second-order valence-corrected chi connectivity index (χ2v) is 4.29. The van der Waals surface area contributed by atoms with E-state index in [1.807, 2.05) is 6.92 Å². The number of methoxy groups -OCH3 is 1. The summed E-state index contributed by atoms with van der Waals surface area (Å²) in [5.74, 6) is 0.199. The molecule has 0 aliphatic rings. The lowest BCUT2D eigenvalue weighted by Gasteiger charge is -2.08. The lowest BCUT2D eigenvalue weighted by molar-refractivity contribution is -0.112. The highest BCUT2D eigenvalue weighted by molar-refractivity contribution is 6.00. The molecule has 1 aromatic rings. The molecule has 6 nitrogen and oxygen atoms in total. The zero-order valence-corrected chi connectivity index (χ0v) is 12.4. The summed E-state index contributed by atoms with van der Waals surface area (Å²) in [5.41, 5.74) is 1.11. The van der Waals surface area contributed by atoms with Crippen LogP contribution in [0.5, 0.6) is 0 Å². The maximum atomic E-state index is 11.7. The molecule has 0 aliphatic carbocycles. The molecular weight excluding hydrogens is 272 g/mol. The van der Waals surface area contributed by atoms with E-state index < -0.39 is 6.09 Å². The third kappa shape index (κ3) is 6.47. The fourth-order valence-corrected chi connectivity index (χ4v) is 1.45. The van der Waals surface area contributed by atoms with E-state index in [4.69, 9.17) is 9.47 Å². The van der Waals surface area contributed by atoms with Gasteiger partial charge in [-0.1, -0.05) is 13.0 Å². The van der Waals surface area contributed by atoms with Crippen molar-refractivity contribution in [1.82, 2.24) is 0 Å². The molecule has 21 heavy (non-hydrogen) atoms. The van der Waals surface area contributed by atoms with E-state index in [2.05, 4.69) is 10.6 Å². The number of hydrogen-bond donors (Lipinski definition) is 2. The molecule has 0 saturated heterocycles. The first kappa shape index (κ1) is 16.6. The van der Waals surface area contributed by atoms with Crippen LogP contribution in [0.4, 0.5) is 16.2 Å². The summed E-state index contributed by atoms with van der Waals surface area (Å²) in [6, 6.07) is 6.79. The molecule has 0 heterocycles. The minimum absolute atomic E-state index is 0.306. The Morgan fingerprint density at radius 1 is 1.24 bits per heavy atom. The predicted octanol–water partition coefficient (Wildman–Crippen LogP) is 3.13. The van der Waals surface area contributed by atoms with Gasteiger partial charge < -0.3 is 14.8 Å². The van der Waals surface area contributed by atoms with Crippen molar-refractivity contribution in [3.05, 3.63) is 36.1 Å². The van der Waals surface area contributed by atoms with Crippen LogP contribution in [0, 0.1) is 0 Å². The van der Waals surface area contributed by atoms with Gasteiger partial charge in [-0.25, -0.2) is 4.79 Å². The second kappa shape index (κ2) is 8.63. The third-order valence-corrected chi connectivity index (χ3v) is 2.47. The van der Waals surface area contributed by atoms with E-state index in [-0.39, 0.29) is 5.91 Å². The third-order valence-electron chi connectivity index (χ3n) is 2.47. The van der Waals surface area contributed by atoms with Crippen molar-refractivity contribution in [1.29, 1.82) is 0 Å². The Morgan fingerprint density at radius 2 is 1.90 bits per heavy atom. The summed E-state index contributed by atoms with van der Waals surface area (Å²) in [6.07, 6.45) is 1.58. The Hall–Kier alpha value is -2.50. The minimum Gasteiger partial charge on any atom is -0.501 e. The van der Waals surface area contributed by atoms with Crippen LogP contribution in [-0.4, -0.2) is 25.7 Å². The van der Waals surface area contributed by atoms with Crippen molar-refractivity contribution >= 4 is 23.4 Å². The first-order chi connectivity index (χ1) is 10.0. The number of amides is 2. The smallest absolute Gasteiger partial charge is 0.411 e. The van der Waals surface area contributed by atoms with E-state index in [1.54, 1.807) is 31.2 Å². The van der Waals surface area contributed by atoms with Crippen LogP contribution >= 0.6 is 0 Å². The summed E-state index contributed by atoms with van der Waals surface area (Å²) in [7, 11) is 1.49. The summed E-state index contributed by atoms with van der Waals surface area (Å²) < 4.78 is 9.82. The molecule has 0 saturated carbocycles. The minimum atomic E-state index is -0.518.